The molecule has 4 rings (SSSR count). The number of amides is 2. The van der Waals surface area contributed by atoms with Crippen molar-refractivity contribution < 1.29 is 22.8 Å². The highest BCUT2D eigenvalue weighted by Gasteiger charge is 2.32. The summed E-state index contributed by atoms with van der Waals surface area (Å²) in [6.07, 6.45) is -4.40. The minimum Gasteiger partial charge on any atom is -0.368 e. The van der Waals surface area contributed by atoms with Gasteiger partial charge in [0.05, 0.1) is 11.3 Å². The first-order chi connectivity index (χ1) is 18.3. The predicted molar refractivity (Wildman–Crippen MR) is 146 cm³/mol. The highest BCUT2D eigenvalue weighted by atomic mass is 35.5. The van der Waals surface area contributed by atoms with Gasteiger partial charge in [-0.2, -0.15) is 13.2 Å². The molecule has 3 heterocycles. The van der Waals surface area contributed by atoms with Crippen molar-refractivity contribution in [2.75, 3.05) is 67.9 Å². The van der Waals surface area contributed by atoms with Crippen LogP contribution in [0.1, 0.15) is 26.3 Å². The van der Waals surface area contributed by atoms with Gasteiger partial charge in [0.1, 0.15) is 11.0 Å². The second kappa shape index (κ2) is 11.8. The number of piperazine rings is 2. The molecule has 0 N–H and O–H groups in total. The van der Waals surface area contributed by atoms with E-state index in [-0.39, 0.29) is 22.7 Å². The molecule has 1 aromatic heterocycles. The maximum Gasteiger partial charge on any atom is 0.416 e. The molecule has 0 unspecified atom stereocenters. The molecule has 2 saturated heterocycles. The van der Waals surface area contributed by atoms with Crippen molar-refractivity contribution in [1.82, 2.24) is 19.8 Å². The minimum atomic E-state index is -4.40. The lowest BCUT2D eigenvalue weighted by Crippen LogP contribution is -2.51. The SMILES string of the molecule is CC(C)(C)C(=O)N1CCN(c2cc(Cl)nc(SCC(=O)N3CCN(c4cccc(C(F)(F)F)c4)CC3)n2)CC1. The van der Waals surface area contributed by atoms with Crippen LogP contribution in [-0.4, -0.2) is 89.7 Å². The molecule has 8 nitrogen and oxygen atoms in total. The fourth-order valence-electron chi connectivity index (χ4n) is 4.54. The molecule has 212 valence electrons. The number of anilines is 2. The Morgan fingerprint density at radius 2 is 1.51 bits per heavy atom. The molecule has 13 heteroatoms. The zero-order chi connectivity index (χ0) is 28.4. The van der Waals surface area contributed by atoms with Gasteiger partial charge in [-0.25, -0.2) is 9.97 Å². The average molecular weight is 585 g/mol. The van der Waals surface area contributed by atoms with Gasteiger partial charge in [0.15, 0.2) is 5.16 Å². The van der Waals surface area contributed by atoms with Crippen LogP contribution in [0, 0.1) is 5.41 Å². The summed E-state index contributed by atoms with van der Waals surface area (Å²) in [6.45, 7) is 9.86. The third-order valence-electron chi connectivity index (χ3n) is 6.69. The van der Waals surface area contributed by atoms with E-state index >= 15 is 0 Å². The highest BCUT2D eigenvalue weighted by molar-refractivity contribution is 7.99. The standard InChI is InChI=1S/C26H32ClF3N6O2S/c1-25(2,3)23(38)36-13-9-34(10-14-36)21-16-20(27)31-24(32-21)39-17-22(37)35-11-7-33(8-12-35)19-6-4-5-18(15-19)26(28,29)30/h4-6,15-16H,7-14,17H2,1-3H3. The summed E-state index contributed by atoms with van der Waals surface area (Å²) in [5.74, 6) is 0.802. The summed E-state index contributed by atoms with van der Waals surface area (Å²) in [5.41, 5.74) is -0.618. The van der Waals surface area contributed by atoms with Gasteiger partial charge in [0.25, 0.3) is 0 Å². The number of carbonyl (C=O) groups is 2. The molecule has 1 aromatic carbocycles. The number of nitrogens with zero attached hydrogens (tertiary/aromatic N) is 6. The van der Waals surface area contributed by atoms with E-state index in [1.54, 1.807) is 17.0 Å². The molecule has 0 spiro atoms. The highest BCUT2D eigenvalue weighted by Crippen LogP contribution is 2.32. The van der Waals surface area contributed by atoms with E-state index < -0.39 is 17.2 Å². The van der Waals surface area contributed by atoms with Gasteiger partial charge in [-0.05, 0) is 18.2 Å². The van der Waals surface area contributed by atoms with Gasteiger partial charge in [0, 0.05) is 69.5 Å². The van der Waals surface area contributed by atoms with E-state index in [1.165, 1.54) is 17.8 Å². The molecule has 2 amide bonds. The molecule has 2 aliphatic rings. The second-order valence-corrected chi connectivity index (χ2v) is 11.9. The van der Waals surface area contributed by atoms with Crippen molar-refractivity contribution in [2.45, 2.75) is 32.1 Å². The average Bonchev–Trinajstić information content (AvgIpc) is 2.90. The third-order valence-corrected chi connectivity index (χ3v) is 7.71. The summed E-state index contributed by atoms with van der Waals surface area (Å²) in [7, 11) is 0. The quantitative estimate of drug-likeness (QED) is 0.295. The molecule has 2 aromatic rings. The maximum absolute atomic E-state index is 13.1. The number of alkyl halides is 3. The lowest BCUT2D eigenvalue weighted by molar-refractivity contribution is -0.140. The third kappa shape index (κ3) is 7.47. The van der Waals surface area contributed by atoms with E-state index in [1.807, 2.05) is 30.6 Å². The zero-order valence-corrected chi connectivity index (χ0v) is 23.7. The summed E-state index contributed by atoms with van der Waals surface area (Å²) < 4.78 is 39.2. The summed E-state index contributed by atoms with van der Waals surface area (Å²) in [4.78, 5) is 41.7. The van der Waals surface area contributed by atoms with Crippen LogP contribution in [0.4, 0.5) is 24.7 Å². The van der Waals surface area contributed by atoms with Crippen molar-refractivity contribution in [1.29, 1.82) is 0 Å². The van der Waals surface area contributed by atoms with Gasteiger partial charge in [-0.3, -0.25) is 9.59 Å². The molecule has 0 saturated carbocycles. The van der Waals surface area contributed by atoms with Gasteiger partial charge < -0.3 is 19.6 Å². The Hall–Kier alpha value is -2.73. The molecule has 2 fully saturated rings. The number of halogens is 4. The normalized spacial score (nSPS) is 17.0. The molecule has 0 bridgehead atoms. The Morgan fingerprint density at radius 3 is 2.13 bits per heavy atom. The fourth-order valence-corrected chi connectivity index (χ4v) is 5.52. The Morgan fingerprint density at radius 1 is 0.897 bits per heavy atom. The van der Waals surface area contributed by atoms with Crippen molar-refractivity contribution >= 4 is 46.7 Å². The van der Waals surface area contributed by atoms with E-state index in [2.05, 4.69) is 14.9 Å². The zero-order valence-electron chi connectivity index (χ0n) is 22.2. The fraction of sp³-hybridized carbons (Fsp3) is 0.538. The number of benzene rings is 1. The Balaban J connectivity index is 1.29. The molecule has 0 atom stereocenters. The summed E-state index contributed by atoms with van der Waals surface area (Å²) >= 11 is 7.46. The van der Waals surface area contributed by atoms with Crippen molar-refractivity contribution in [3.63, 3.8) is 0 Å². The number of rotatable bonds is 5. The molecular formula is C26H32ClF3N6O2S. The van der Waals surface area contributed by atoms with Gasteiger partial charge in [-0.1, -0.05) is 50.2 Å². The van der Waals surface area contributed by atoms with Crippen LogP contribution in [0.15, 0.2) is 35.5 Å². The minimum absolute atomic E-state index is 0.0943. The molecular weight excluding hydrogens is 553 g/mol. The second-order valence-electron chi connectivity index (χ2n) is 10.6. The van der Waals surface area contributed by atoms with E-state index in [4.69, 9.17) is 11.6 Å². The lowest BCUT2D eigenvalue weighted by atomic mass is 9.94. The summed E-state index contributed by atoms with van der Waals surface area (Å²) in [6, 6.07) is 6.93. The number of carbonyl (C=O) groups excluding carboxylic acids is 2. The Bertz CT molecular complexity index is 1190. The van der Waals surface area contributed by atoms with Gasteiger partial charge in [0.2, 0.25) is 11.8 Å². The van der Waals surface area contributed by atoms with Gasteiger partial charge in [-0.15, -0.1) is 0 Å². The number of thioether (sulfide) groups is 1. The van der Waals surface area contributed by atoms with Crippen LogP contribution in [0.5, 0.6) is 0 Å². The number of hydrogen-bond donors (Lipinski definition) is 0. The van der Waals surface area contributed by atoms with Crippen molar-refractivity contribution in [3.05, 3.63) is 41.0 Å². The van der Waals surface area contributed by atoms with Crippen molar-refractivity contribution in [2.24, 2.45) is 5.41 Å². The lowest BCUT2D eigenvalue weighted by Gasteiger charge is -2.38. The van der Waals surface area contributed by atoms with Crippen LogP contribution in [0.3, 0.4) is 0 Å². The molecule has 39 heavy (non-hydrogen) atoms. The number of hydrogen-bond acceptors (Lipinski definition) is 7. The smallest absolute Gasteiger partial charge is 0.368 e. The number of aromatic nitrogens is 2. The van der Waals surface area contributed by atoms with E-state index in [0.717, 1.165) is 12.1 Å². The predicted octanol–water partition coefficient (Wildman–Crippen LogP) is 4.28. The van der Waals surface area contributed by atoms with Gasteiger partial charge >= 0.3 is 6.18 Å². The first-order valence-electron chi connectivity index (χ1n) is 12.7. The van der Waals surface area contributed by atoms with Crippen LogP contribution in [-0.2, 0) is 15.8 Å². The first kappa shape index (κ1) is 29.3. The first-order valence-corrected chi connectivity index (χ1v) is 14.1. The topological polar surface area (TPSA) is 72.9 Å². The molecule has 0 radical (unpaired) electrons. The monoisotopic (exact) mass is 584 g/mol. The summed E-state index contributed by atoms with van der Waals surface area (Å²) in [5, 5.41) is 0.666. The Labute approximate surface area is 235 Å². The Kier molecular flexibility index (Phi) is 8.85. The van der Waals surface area contributed by atoms with Crippen LogP contribution in [0.25, 0.3) is 0 Å². The molecule has 2 aliphatic heterocycles. The van der Waals surface area contributed by atoms with E-state index in [0.29, 0.717) is 69.0 Å². The van der Waals surface area contributed by atoms with E-state index in [9.17, 15) is 22.8 Å². The van der Waals surface area contributed by atoms with Crippen molar-refractivity contribution in [3.8, 4) is 0 Å². The van der Waals surface area contributed by atoms with Crippen LogP contribution >= 0.6 is 23.4 Å². The van der Waals surface area contributed by atoms with Crippen LogP contribution in [0.2, 0.25) is 5.15 Å². The maximum atomic E-state index is 13.1. The largest absolute Gasteiger partial charge is 0.416 e. The van der Waals surface area contributed by atoms with Crippen LogP contribution < -0.4 is 9.80 Å². The molecule has 0 aliphatic carbocycles.